The van der Waals surface area contributed by atoms with Crippen LogP contribution in [0.3, 0.4) is 0 Å². The number of guanidine groups is 1. The molecule has 4 unspecified atom stereocenters. The third-order valence-electron chi connectivity index (χ3n) is 6.42. The average molecular weight is 307 g/mol. The van der Waals surface area contributed by atoms with Crippen molar-refractivity contribution in [3.63, 3.8) is 0 Å². The molecular weight excluding hydrogens is 274 g/mol. The predicted octanol–water partition coefficient (Wildman–Crippen LogP) is 2.63. The van der Waals surface area contributed by atoms with E-state index < -0.39 is 0 Å². The molecule has 0 bridgehead atoms. The highest BCUT2D eigenvalue weighted by Gasteiger charge is 2.38. The minimum absolute atomic E-state index is 0.000669. The van der Waals surface area contributed by atoms with E-state index in [2.05, 4.69) is 22.1 Å². The van der Waals surface area contributed by atoms with Gasteiger partial charge >= 0.3 is 0 Å². The van der Waals surface area contributed by atoms with Crippen LogP contribution in [-0.4, -0.2) is 48.8 Å². The normalized spacial score (nSPS) is 39.7. The highest BCUT2D eigenvalue weighted by atomic mass is 16.3. The molecule has 0 spiro atoms. The monoisotopic (exact) mass is 307 g/mol. The molecule has 4 heteroatoms. The first-order valence-electron chi connectivity index (χ1n) is 9.26. The van der Waals surface area contributed by atoms with Gasteiger partial charge in [-0.25, -0.2) is 0 Å². The van der Waals surface area contributed by atoms with Crippen molar-refractivity contribution in [1.29, 1.82) is 0 Å². The lowest BCUT2D eigenvalue weighted by Gasteiger charge is -2.39. The number of aliphatic hydroxyl groups is 1. The lowest BCUT2D eigenvalue weighted by molar-refractivity contribution is 0.00369. The van der Waals surface area contributed by atoms with Gasteiger partial charge in [0, 0.05) is 32.1 Å². The Morgan fingerprint density at radius 3 is 2.36 bits per heavy atom. The van der Waals surface area contributed by atoms with Crippen LogP contribution in [0.4, 0.5) is 0 Å². The van der Waals surface area contributed by atoms with Crippen molar-refractivity contribution in [1.82, 2.24) is 10.2 Å². The van der Waals surface area contributed by atoms with Crippen LogP contribution in [-0.2, 0) is 0 Å². The van der Waals surface area contributed by atoms with Crippen molar-refractivity contribution in [2.75, 3.05) is 26.7 Å². The number of nitrogens with one attached hydrogen (secondary N) is 1. The molecule has 3 aliphatic rings. The highest BCUT2D eigenvalue weighted by molar-refractivity contribution is 5.80. The molecule has 0 aromatic rings. The molecule has 2 N–H and O–H groups in total. The van der Waals surface area contributed by atoms with Gasteiger partial charge in [-0.15, -0.1) is 0 Å². The van der Waals surface area contributed by atoms with Gasteiger partial charge in [-0.05, 0) is 37.5 Å². The van der Waals surface area contributed by atoms with E-state index in [9.17, 15) is 5.11 Å². The zero-order chi connectivity index (χ0) is 15.6. The number of hydrogen-bond acceptors (Lipinski definition) is 2. The summed E-state index contributed by atoms with van der Waals surface area (Å²) in [5.74, 6) is 2.81. The molecule has 4 atom stereocenters. The third-order valence-corrected chi connectivity index (χ3v) is 6.42. The van der Waals surface area contributed by atoms with Crippen LogP contribution in [0.25, 0.3) is 0 Å². The Hall–Kier alpha value is -0.770. The van der Waals surface area contributed by atoms with Crippen molar-refractivity contribution < 1.29 is 5.11 Å². The maximum Gasteiger partial charge on any atom is 0.193 e. The summed E-state index contributed by atoms with van der Waals surface area (Å²) in [5, 5.41) is 13.9. The molecule has 2 saturated carbocycles. The minimum Gasteiger partial charge on any atom is -0.392 e. The van der Waals surface area contributed by atoms with Gasteiger partial charge in [0.1, 0.15) is 0 Å². The fourth-order valence-corrected chi connectivity index (χ4v) is 4.78. The van der Waals surface area contributed by atoms with Gasteiger partial charge < -0.3 is 15.3 Å². The topological polar surface area (TPSA) is 47.9 Å². The summed E-state index contributed by atoms with van der Waals surface area (Å²) in [4.78, 5) is 6.98. The fourth-order valence-electron chi connectivity index (χ4n) is 4.78. The van der Waals surface area contributed by atoms with E-state index >= 15 is 0 Å². The molecule has 1 aliphatic heterocycles. The number of fused-ring (bicyclic) bond motifs is 1. The number of nitrogens with zero attached hydrogens (tertiary/aromatic N) is 2. The molecule has 0 radical (unpaired) electrons. The summed E-state index contributed by atoms with van der Waals surface area (Å²) < 4.78 is 0. The van der Waals surface area contributed by atoms with Gasteiger partial charge in [-0.3, -0.25) is 4.99 Å². The van der Waals surface area contributed by atoms with Crippen LogP contribution in [0.5, 0.6) is 0 Å². The second-order valence-electron chi connectivity index (χ2n) is 8.03. The Morgan fingerprint density at radius 2 is 1.77 bits per heavy atom. The van der Waals surface area contributed by atoms with Gasteiger partial charge in [0.05, 0.1) is 6.10 Å². The molecule has 0 aromatic carbocycles. The summed E-state index contributed by atoms with van der Waals surface area (Å²) in [6, 6.07) is 0. The van der Waals surface area contributed by atoms with Gasteiger partial charge in [0.15, 0.2) is 5.96 Å². The Balaban J connectivity index is 1.56. The molecule has 0 aromatic heterocycles. The van der Waals surface area contributed by atoms with E-state index in [1.54, 1.807) is 0 Å². The zero-order valence-corrected chi connectivity index (χ0v) is 14.4. The van der Waals surface area contributed by atoms with Crippen LogP contribution in [0.2, 0.25) is 0 Å². The summed E-state index contributed by atoms with van der Waals surface area (Å²) in [5.41, 5.74) is 0.000669. The summed E-state index contributed by atoms with van der Waals surface area (Å²) in [6.45, 7) is 5.40. The van der Waals surface area contributed by atoms with E-state index in [4.69, 9.17) is 0 Å². The summed E-state index contributed by atoms with van der Waals surface area (Å²) in [6.07, 6.45) is 9.91. The maximum atomic E-state index is 10.4. The maximum absolute atomic E-state index is 10.4. The molecule has 22 heavy (non-hydrogen) atoms. The van der Waals surface area contributed by atoms with Crippen LogP contribution >= 0.6 is 0 Å². The number of aliphatic hydroxyl groups excluding tert-OH is 1. The first-order chi connectivity index (χ1) is 10.6. The predicted molar refractivity (Wildman–Crippen MR) is 91.0 cm³/mol. The van der Waals surface area contributed by atoms with Crippen molar-refractivity contribution in [2.24, 2.45) is 22.2 Å². The van der Waals surface area contributed by atoms with E-state index in [1.807, 2.05) is 7.05 Å². The van der Waals surface area contributed by atoms with Crippen molar-refractivity contribution in [3.05, 3.63) is 0 Å². The second kappa shape index (κ2) is 6.77. The van der Waals surface area contributed by atoms with E-state index in [-0.39, 0.29) is 11.5 Å². The van der Waals surface area contributed by atoms with Crippen molar-refractivity contribution in [2.45, 2.75) is 64.4 Å². The number of rotatable bonds is 2. The number of hydrogen-bond donors (Lipinski definition) is 2. The molecule has 126 valence electrons. The lowest BCUT2D eigenvalue weighted by atomic mass is 9.73. The lowest BCUT2D eigenvalue weighted by Crippen LogP contribution is -2.49. The first kappa shape index (κ1) is 16.1. The number of likely N-dealkylation sites (tertiary alicyclic amines) is 1. The smallest absolute Gasteiger partial charge is 0.193 e. The SMILES string of the molecule is CN=C(NCC1(C)CCCCC1O)N1CC2CCCCC2C1. The second-order valence-corrected chi connectivity index (χ2v) is 8.03. The Kier molecular flexibility index (Phi) is 4.96. The molecule has 3 rings (SSSR count). The van der Waals surface area contributed by atoms with Gasteiger partial charge in [0.25, 0.3) is 0 Å². The largest absolute Gasteiger partial charge is 0.392 e. The standard InChI is InChI=1S/C18H33N3O/c1-18(10-6-5-9-16(18)22)13-20-17(19-2)21-11-14-7-3-4-8-15(14)12-21/h14-16,22H,3-13H2,1-2H3,(H,19,20). The van der Waals surface area contributed by atoms with Gasteiger partial charge in [0.2, 0.25) is 0 Å². The minimum atomic E-state index is -0.173. The van der Waals surface area contributed by atoms with E-state index in [0.29, 0.717) is 0 Å². The quantitative estimate of drug-likeness (QED) is 0.609. The molecule has 1 saturated heterocycles. The Morgan fingerprint density at radius 1 is 1.14 bits per heavy atom. The van der Waals surface area contributed by atoms with Crippen LogP contribution in [0, 0.1) is 17.3 Å². The fraction of sp³-hybridized carbons (Fsp3) is 0.944. The van der Waals surface area contributed by atoms with E-state index in [0.717, 1.165) is 37.2 Å². The number of aliphatic imine (C=N–C) groups is 1. The third kappa shape index (κ3) is 3.27. The Bertz CT molecular complexity index is 397. The van der Waals surface area contributed by atoms with Gasteiger partial charge in [-0.2, -0.15) is 0 Å². The Labute approximate surface area is 135 Å². The molecule has 3 fully saturated rings. The van der Waals surface area contributed by atoms with E-state index in [1.165, 1.54) is 51.6 Å². The average Bonchev–Trinajstić information content (AvgIpc) is 2.95. The highest BCUT2D eigenvalue weighted by Crippen LogP contribution is 2.37. The van der Waals surface area contributed by atoms with Crippen LogP contribution in [0.1, 0.15) is 58.3 Å². The first-order valence-corrected chi connectivity index (χ1v) is 9.26. The molecule has 0 amide bonds. The van der Waals surface area contributed by atoms with Crippen molar-refractivity contribution >= 4 is 5.96 Å². The van der Waals surface area contributed by atoms with Crippen molar-refractivity contribution in [3.8, 4) is 0 Å². The summed E-state index contributed by atoms with van der Waals surface area (Å²) in [7, 11) is 1.89. The molecule has 1 heterocycles. The molecule has 2 aliphatic carbocycles. The molecule has 4 nitrogen and oxygen atoms in total. The van der Waals surface area contributed by atoms with Gasteiger partial charge in [-0.1, -0.05) is 32.6 Å². The van der Waals surface area contributed by atoms with Crippen LogP contribution < -0.4 is 5.32 Å². The molecular formula is C18H33N3O. The zero-order valence-electron chi connectivity index (χ0n) is 14.4. The summed E-state index contributed by atoms with van der Waals surface area (Å²) >= 11 is 0. The van der Waals surface area contributed by atoms with Crippen LogP contribution in [0.15, 0.2) is 4.99 Å².